The molecular formula is C18H22N2O3S. The summed E-state index contributed by atoms with van der Waals surface area (Å²) in [5.74, 6) is -1.05. The highest BCUT2D eigenvalue weighted by Gasteiger charge is 2.42. The van der Waals surface area contributed by atoms with E-state index in [1.807, 2.05) is 18.2 Å². The van der Waals surface area contributed by atoms with Crippen molar-refractivity contribution >= 4 is 33.4 Å². The fourth-order valence-corrected chi connectivity index (χ4v) is 4.30. The van der Waals surface area contributed by atoms with Crippen LogP contribution in [-0.4, -0.2) is 27.5 Å². The lowest BCUT2D eigenvalue weighted by molar-refractivity contribution is -0.147. The molecule has 1 amide bonds. The van der Waals surface area contributed by atoms with E-state index in [1.165, 1.54) is 4.70 Å². The van der Waals surface area contributed by atoms with Gasteiger partial charge in [-0.05, 0) is 44.2 Å². The summed E-state index contributed by atoms with van der Waals surface area (Å²) in [6.45, 7) is 0. The highest BCUT2D eigenvalue weighted by Crippen LogP contribution is 2.30. The van der Waals surface area contributed by atoms with E-state index < -0.39 is 11.5 Å². The zero-order valence-corrected chi connectivity index (χ0v) is 14.4. The maximum atomic E-state index is 12.1. The number of aryl methyl sites for hydroxylation is 1. The zero-order chi connectivity index (χ0) is 17.0. The van der Waals surface area contributed by atoms with Crippen LogP contribution in [0.1, 0.15) is 50.0 Å². The smallest absolute Gasteiger partial charge is 0.329 e. The van der Waals surface area contributed by atoms with Gasteiger partial charge in [0.1, 0.15) is 5.54 Å². The third kappa shape index (κ3) is 3.75. The highest BCUT2D eigenvalue weighted by atomic mass is 32.1. The number of hydrogen-bond acceptors (Lipinski definition) is 4. The number of hydrogen-bond donors (Lipinski definition) is 2. The molecular weight excluding hydrogens is 324 g/mol. The van der Waals surface area contributed by atoms with Crippen LogP contribution in [0.25, 0.3) is 10.2 Å². The summed E-state index contributed by atoms with van der Waals surface area (Å²) in [6.07, 6.45) is 5.68. The minimum Gasteiger partial charge on any atom is -0.480 e. The van der Waals surface area contributed by atoms with E-state index in [0.29, 0.717) is 19.3 Å². The molecule has 1 aliphatic rings. The molecule has 0 bridgehead atoms. The molecule has 2 N–H and O–H groups in total. The number of carboxylic acids is 1. The Morgan fingerprint density at radius 1 is 1.21 bits per heavy atom. The lowest BCUT2D eigenvalue weighted by atomic mass is 9.97. The molecule has 1 aliphatic carbocycles. The number of nitrogens with one attached hydrogen (secondary N) is 1. The molecule has 0 aliphatic heterocycles. The van der Waals surface area contributed by atoms with Crippen LogP contribution < -0.4 is 5.32 Å². The summed E-state index contributed by atoms with van der Waals surface area (Å²) in [4.78, 5) is 28.1. The number of rotatable bonds is 7. The molecule has 6 heteroatoms. The first-order chi connectivity index (χ1) is 11.6. The van der Waals surface area contributed by atoms with Gasteiger partial charge in [0.25, 0.3) is 0 Å². The van der Waals surface area contributed by atoms with Crippen molar-refractivity contribution in [1.82, 2.24) is 10.3 Å². The number of nitrogens with zero attached hydrogens (tertiary/aromatic N) is 1. The molecule has 1 fully saturated rings. The Labute approximate surface area is 145 Å². The SMILES string of the molecule is O=C(CCCCc1nc2ccccc2s1)NC1(C(=O)O)CCCC1. The Hall–Kier alpha value is -1.95. The molecule has 24 heavy (non-hydrogen) atoms. The van der Waals surface area contributed by atoms with Gasteiger partial charge in [-0.2, -0.15) is 0 Å². The highest BCUT2D eigenvalue weighted by molar-refractivity contribution is 7.18. The second-order valence-electron chi connectivity index (χ2n) is 6.42. The number of aromatic nitrogens is 1. The van der Waals surface area contributed by atoms with Crippen molar-refractivity contribution in [1.29, 1.82) is 0 Å². The van der Waals surface area contributed by atoms with Crippen molar-refractivity contribution in [3.8, 4) is 0 Å². The largest absolute Gasteiger partial charge is 0.480 e. The van der Waals surface area contributed by atoms with Crippen molar-refractivity contribution in [3.05, 3.63) is 29.3 Å². The number of carbonyl (C=O) groups excluding carboxylic acids is 1. The van der Waals surface area contributed by atoms with Crippen LogP contribution in [0, 0.1) is 0 Å². The van der Waals surface area contributed by atoms with Gasteiger partial charge >= 0.3 is 5.97 Å². The number of fused-ring (bicyclic) bond motifs is 1. The van der Waals surface area contributed by atoms with Gasteiger partial charge in [0.05, 0.1) is 15.2 Å². The van der Waals surface area contributed by atoms with Gasteiger partial charge in [0.15, 0.2) is 0 Å². The molecule has 1 heterocycles. The molecule has 5 nitrogen and oxygen atoms in total. The molecule has 3 rings (SSSR count). The average molecular weight is 346 g/mol. The maximum absolute atomic E-state index is 12.1. The molecule has 1 saturated carbocycles. The van der Waals surface area contributed by atoms with E-state index in [-0.39, 0.29) is 5.91 Å². The average Bonchev–Trinajstić information content (AvgIpc) is 3.18. The lowest BCUT2D eigenvalue weighted by Gasteiger charge is -2.25. The monoisotopic (exact) mass is 346 g/mol. The van der Waals surface area contributed by atoms with E-state index in [9.17, 15) is 14.7 Å². The van der Waals surface area contributed by atoms with Crippen LogP contribution in [0.4, 0.5) is 0 Å². The van der Waals surface area contributed by atoms with Gasteiger partial charge in [-0.25, -0.2) is 9.78 Å². The molecule has 0 spiro atoms. The number of aliphatic carboxylic acids is 1. The molecule has 0 saturated heterocycles. The predicted octanol–water partition coefficient (Wildman–Crippen LogP) is 3.52. The minimum atomic E-state index is -1.02. The van der Waals surface area contributed by atoms with Gasteiger partial charge in [-0.15, -0.1) is 11.3 Å². The standard InChI is InChI=1S/C18H22N2O3S/c21-15(20-18(17(22)23)11-5-6-12-18)9-3-4-10-16-19-13-7-1-2-8-14(13)24-16/h1-2,7-8H,3-6,9-12H2,(H,20,21)(H,22,23). The van der Waals surface area contributed by atoms with E-state index in [4.69, 9.17) is 0 Å². The van der Waals surface area contributed by atoms with Crippen molar-refractivity contribution in [2.45, 2.75) is 56.9 Å². The quantitative estimate of drug-likeness (QED) is 0.752. The van der Waals surface area contributed by atoms with Crippen LogP contribution in [0.2, 0.25) is 0 Å². The molecule has 128 valence electrons. The predicted molar refractivity (Wildman–Crippen MR) is 94.2 cm³/mol. The summed E-state index contributed by atoms with van der Waals surface area (Å²) in [6, 6.07) is 8.07. The fourth-order valence-electron chi connectivity index (χ4n) is 3.29. The Morgan fingerprint density at radius 2 is 1.96 bits per heavy atom. The van der Waals surface area contributed by atoms with Crippen molar-refractivity contribution in [2.75, 3.05) is 0 Å². The van der Waals surface area contributed by atoms with E-state index in [2.05, 4.69) is 16.4 Å². The summed E-state index contributed by atoms with van der Waals surface area (Å²) in [7, 11) is 0. The van der Waals surface area contributed by atoms with Gasteiger partial charge in [0, 0.05) is 6.42 Å². The second-order valence-corrected chi connectivity index (χ2v) is 7.54. The van der Waals surface area contributed by atoms with E-state index in [0.717, 1.165) is 42.6 Å². The van der Waals surface area contributed by atoms with E-state index >= 15 is 0 Å². The lowest BCUT2D eigenvalue weighted by Crippen LogP contribution is -2.52. The number of benzene rings is 1. The first-order valence-electron chi connectivity index (χ1n) is 8.48. The van der Waals surface area contributed by atoms with Gasteiger partial charge in [0.2, 0.25) is 5.91 Å². The van der Waals surface area contributed by atoms with Crippen molar-refractivity contribution < 1.29 is 14.7 Å². The van der Waals surface area contributed by atoms with Gasteiger partial charge < -0.3 is 10.4 Å². The molecule has 1 aromatic carbocycles. The Balaban J connectivity index is 1.44. The van der Waals surface area contributed by atoms with Crippen LogP contribution in [-0.2, 0) is 16.0 Å². The van der Waals surface area contributed by atoms with Gasteiger partial charge in [-0.3, -0.25) is 4.79 Å². The number of amides is 1. The Kier molecular flexibility index (Phi) is 5.14. The van der Waals surface area contributed by atoms with Crippen LogP contribution in [0.3, 0.4) is 0 Å². The summed E-state index contributed by atoms with van der Waals surface area (Å²) >= 11 is 1.70. The first kappa shape index (κ1) is 16.9. The fraction of sp³-hybridized carbons (Fsp3) is 0.500. The van der Waals surface area contributed by atoms with Gasteiger partial charge in [-0.1, -0.05) is 25.0 Å². The van der Waals surface area contributed by atoms with Crippen LogP contribution >= 0.6 is 11.3 Å². The maximum Gasteiger partial charge on any atom is 0.329 e. The number of carbonyl (C=O) groups is 2. The van der Waals surface area contributed by atoms with Crippen LogP contribution in [0.5, 0.6) is 0 Å². The molecule has 0 unspecified atom stereocenters. The van der Waals surface area contributed by atoms with Crippen molar-refractivity contribution in [3.63, 3.8) is 0 Å². The van der Waals surface area contributed by atoms with Crippen molar-refractivity contribution in [2.24, 2.45) is 0 Å². The minimum absolute atomic E-state index is 0.149. The normalized spacial score (nSPS) is 16.3. The third-order valence-electron chi connectivity index (χ3n) is 4.63. The number of unbranched alkanes of at least 4 members (excludes halogenated alkanes) is 1. The molecule has 0 atom stereocenters. The first-order valence-corrected chi connectivity index (χ1v) is 9.30. The zero-order valence-electron chi connectivity index (χ0n) is 13.6. The summed E-state index contributed by atoms with van der Waals surface area (Å²) in [5, 5.41) is 13.2. The Bertz CT molecular complexity index is 702. The van der Waals surface area contributed by atoms with E-state index in [1.54, 1.807) is 11.3 Å². The molecule has 1 aromatic heterocycles. The van der Waals surface area contributed by atoms with Crippen LogP contribution in [0.15, 0.2) is 24.3 Å². The number of para-hydroxylation sites is 1. The third-order valence-corrected chi connectivity index (χ3v) is 5.72. The molecule has 2 aromatic rings. The summed E-state index contributed by atoms with van der Waals surface area (Å²) in [5.41, 5.74) is 0.00397. The Morgan fingerprint density at radius 3 is 2.67 bits per heavy atom. The molecule has 0 radical (unpaired) electrons. The number of thiazole rings is 1. The second kappa shape index (κ2) is 7.30. The number of carboxylic acid groups (broad SMARTS) is 1. The summed E-state index contributed by atoms with van der Waals surface area (Å²) < 4.78 is 1.19. The topological polar surface area (TPSA) is 79.3 Å².